The van der Waals surface area contributed by atoms with Gasteiger partial charge < -0.3 is 16.3 Å². The zero-order chi connectivity index (χ0) is 14.6. The van der Waals surface area contributed by atoms with Gasteiger partial charge in [-0.3, -0.25) is 4.79 Å². The summed E-state index contributed by atoms with van der Waals surface area (Å²) >= 11 is 0. The van der Waals surface area contributed by atoms with Gasteiger partial charge in [0.2, 0.25) is 0 Å². The molecule has 1 amide bonds. The second-order valence-corrected chi connectivity index (χ2v) is 4.28. The summed E-state index contributed by atoms with van der Waals surface area (Å²) in [5.41, 5.74) is 4.20. The molecule has 1 unspecified atom stereocenters. The second-order valence-electron chi connectivity index (χ2n) is 4.28. The van der Waals surface area contributed by atoms with Gasteiger partial charge in [0.15, 0.2) is 5.84 Å². The summed E-state index contributed by atoms with van der Waals surface area (Å²) in [6.45, 7) is 3.25. The zero-order valence-electron chi connectivity index (χ0n) is 10.6. The number of carbonyl (C=O) groups excluding carboxylic acids is 1. The highest BCUT2D eigenvalue weighted by Gasteiger charge is 2.30. The van der Waals surface area contributed by atoms with Gasteiger partial charge >= 0.3 is 0 Å². The molecular weight excluding hydrogens is 256 g/mol. The number of amidine groups is 1. The number of oxime groups is 1. The number of hydrogen-bond acceptors (Lipinski definition) is 3. The Labute approximate surface area is 109 Å². The van der Waals surface area contributed by atoms with Crippen molar-refractivity contribution in [3.63, 3.8) is 0 Å². The molecule has 0 fully saturated rings. The van der Waals surface area contributed by atoms with Gasteiger partial charge in [-0.2, -0.15) is 0 Å². The van der Waals surface area contributed by atoms with E-state index in [4.69, 9.17) is 10.9 Å². The number of carbonyl (C=O) groups is 1. The van der Waals surface area contributed by atoms with Crippen LogP contribution in [0.1, 0.15) is 30.6 Å². The molecule has 1 atom stereocenters. The number of nitrogens with two attached hydrogens (primary N) is 1. The third kappa shape index (κ3) is 3.40. The first-order valence-corrected chi connectivity index (χ1v) is 5.59. The number of nitrogens with zero attached hydrogens (tertiary/aromatic N) is 1. The zero-order valence-corrected chi connectivity index (χ0v) is 10.6. The van der Waals surface area contributed by atoms with Gasteiger partial charge in [0.25, 0.3) is 5.91 Å². The highest BCUT2D eigenvalue weighted by Crippen LogP contribution is 2.13. The normalized spacial score (nSPS) is 14.8. The van der Waals surface area contributed by atoms with Crippen LogP contribution < -0.4 is 11.1 Å². The maximum Gasteiger partial charge on any atom is 0.252 e. The Morgan fingerprint density at radius 2 is 1.95 bits per heavy atom. The van der Waals surface area contributed by atoms with Crippen molar-refractivity contribution in [3.8, 4) is 0 Å². The average molecular weight is 271 g/mol. The molecule has 0 aliphatic heterocycles. The number of halogens is 2. The van der Waals surface area contributed by atoms with E-state index in [-0.39, 0.29) is 11.4 Å². The number of rotatable bonds is 4. The Morgan fingerprint density at radius 3 is 2.37 bits per heavy atom. The van der Waals surface area contributed by atoms with Crippen molar-refractivity contribution in [2.24, 2.45) is 10.9 Å². The molecule has 0 aromatic heterocycles. The number of amides is 1. The molecular formula is C12H15F2N3O2. The molecule has 0 bridgehead atoms. The van der Waals surface area contributed by atoms with Crippen molar-refractivity contribution < 1.29 is 18.8 Å². The number of hydrogen-bond donors (Lipinski definition) is 3. The van der Waals surface area contributed by atoms with Crippen LogP contribution >= 0.6 is 0 Å². The number of nitrogens with one attached hydrogen (secondary N) is 1. The van der Waals surface area contributed by atoms with Crippen LogP contribution in [0.3, 0.4) is 0 Å². The molecule has 0 radical (unpaired) electrons. The monoisotopic (exact) mass is 271 g/mol. The van der Waals surface area contributed by atoms with Crippen LogP contribution in [0.4, 0.5) is 8.78 Å². The summed E-state index contributed by atoms with van der Waals surface area (Å²) in [4.78, 5) is 11.9. The standard InChI is InChI=1S/C12H15F2N3O2/c1-3-12(2,11(15)17-19)16-10(18)7-4-8(13)6-9(14)5-7/h4-6,19H,3H2,1-2H3,(H2,15,17)(H,16,18). The lowest BCUT2D eigenvalue weighted by Crippen LogP contribution is -2.55. The highest BCUT2D eigenvalue weighted by molar-refractivity contribution is 6.00. The molecule has 7 heteroatoms. The average Bonchev–Trinajstić information content (AvgIpc) is 2.36. The van der Waals surface area contributed by atoms with E-state index in [1.165, 1.54) is 6.92 Å². The molecule has 1 aromatic rings. The van der Waals surface area contributed by atoms with Gasteiger partial charge in [-0.05, 0) is 25.5 Å². The lowest BCUT2D eigenvalue weighted by Gasteiger charge is -2.28. The van der Waals surface area contributed by atoms with Crippen LogP contribution in [0, 0.1) is 11.6 Å². The van der Waals surface area contributed by atoms with Crippen LogP contribution in [0.15, 0.2) is 23.4 Å². The summed E-state index contributed by atoms with van der Waals surface area (Å²) < 4.78 is 26.0. The van der Waals surface area contributed by atoms with E-state index in [0.29, 0.717) is 12.5 Å². The molecule has 1 rings (SSSR count). The summed E-state index contributed by atoms with van der Waals surface area (Å²) in [7, 11) is 0. The smallest absolute Gasteiger partial charge is 0.252 e. The van der Waals surface area contributed by atoms with Crippen molar-refractivity contribution in [3.05, 3.63) is 35.4 Å². The van der Waals surface area contributed by atoms with Gasteiger partial charge in [0, 0.05) is 11.6 Å². The first-order valence-electron chi connectivity index (χ1n) is 5.59. The Morgan fingerprint density at radius 1 is 1.42 bits per heavy atom. The molecule has 0 aliphatic rings. The Hall–Kier alpha value is -2.18. The molecule has 0 spiro atoms. The minimum atomic E-state index is -1.10. The molecule has 0 heterocycles. The molecule has 0 saturated carbocycles. The van der Waals surface area contributed by atoms with E-state index in [9.17, 15) is 13.6 Å². The topological polar surface area (TPSA) is 87.7 Å². The third-order valence-electron chi connectivity index (χ3n) is 2.89. The highest BCUT2D eigenvalue weighted by atomic mass is 19.1. The largest absolute Gasteiger partial charge is 0.409 e. The Kier molecular flexibility index (Phi) is 4.42. The predicted molar refractivity (Wildman–Crippen MR) is 65.9 cm³/mol. The second kappa shape index (κ2) is 5.64. The molecule has 104 valence electrons. The van der Waals surface area contributed by atoms with Gasteiger partial charge in [0.1, 0.15) is 11.6 Å². The van der Waals surface area contributed by atoms with Gasteiger partial charge in [-0.25, -0.2) is 8.78 Å². The van der Waals surface area contributed by atoms with Crippen molar-refractivity contribution in [1.82, 2.24) is 5.32 Å². The van der Waals surface area contributed by atoms with Gasteiger partial charge in [0.05, 0.1) is 5.54 Å². The van der Waals surface area contributed by atoms with E-state index in [1.807, 2.05) is 0 Å². The quantitative estimate of drug-likeness (QED) is 0.336. The fourth-order valence-electron chi connectivity index (χ4n) is 1.45. The summed E-state index contributed by atoms with van der Waals surface area (Å²) in [5.74, 6) is -2.62. The van der Waals surface area contributed by atoms with Crippen molar-refractivity contribution in [1.29, 1.82) is 0 Å². The minimum absolute atomic E-state index is 0.178. The fourth-order valence-corrected chi connectivity index (χ4v) is 1.45. The summed E-state index contributed by atoms with van der Waals surface area (Å²) in [5, 5.41) is 14.0. The van der Waals surface area contributed by atoms with Crippen LogP contribution in [0.5, 0.6) is 0 Å². The lowest BCUT2D eigenvalue weighted by atomic mass is 9.97. The van der Waals surface area contributed by atoms with Gasteiger partial charge in [-0.1, -0.05) is 12.1 Å². The first-order chi connectivity index (χ1) is 8.82. The van der Waals surface area contributed by atoms with Crippen molar-refractivity contribution in [2.75, 3.05) is 0 Å². The SMILES string of the molecule is CCC(C)(NC(=O)c1cc(F)cc(F)c1)/C(N)=N/O. The maximum absolute atomic E-state index is 13.0. The van der Waals surface area contributed by atoms with E-state index >= 15 is 0 Å². The summed E-state index contributed by atoms with van der Waals surface area (Å²) in [6.07, 6.45) is 0.340. The molecule has 19 heavy (non-hydrogen) atoms. The summed E-state index contributed by atoms with van der Waals surface area (Å²) in [6, 6.07) is 2.47. The van der Waals surface area contributed by atoms with E-state index in [1.54, 1.807) is 6.92 Å². The van der Waals surface area contributed by atoms with E-state index in [0.717, 1.165) is 12.1 Å². The van der Waals surface area contributed by atoms with Crippen molar-refractivity contribution in [2.45, 2.75) is 25.8 Å². The van der Waals surface area contributed by atoms with Crippen LogP contribution in [0.2, 0.25) is 0 Å². The Bertz CT molecular complexity index is 499. The molecule has 0 saturated heterocycles. The third-order valence-corrected chi connectivity index (χ3v) is 2.89. The lowest BCUT2D eigenvalue weighted by molar-refractivity contribution is 0.0924. The molecule has 1 aromatic carbocycles. The molecule has 0 aliphatic carbocycles. The Balaban J connectivity index is 3.01. The van der Waals surface area contributed by atoms with Crippen molar-refractivity contribution >= 4 is 11.7 Å². The molecule has 5 nitrogen and oxygen atoms in total. The predicted octanol–water partition coefficient (Wildman–Crippen LogP) is 1.61. The van der Waals surface area contributed by atoms with Gasteiger partial charge in [-0.15, -0.1) is 0 Å². The van der Waals surface area contributed by atoms with E-state index < -0.39 is 23.1 Å². The number of benzene rings is 1. The first kappa shape index (κ1) is 14.9. The van der Waals surface area contributed by atoms with Crippen LogP contribution in [-0.4, -0.2) is 22.5 Å². The van der Waals surface area contributed by atoms with E-state index in [2.05, 4.69) is 10.5 Å². The minimum Gasteiger partial charge on any atom is -0.409 e. The van der Waals surface area contributed by atoms with Crippen LogP contribution in [-0.2, 0) is 0 Å². The molecule has 4 N–H and O–H groups in total. The fraction of sp³-hybridized carbons (Fsp3) is 0.333. The van der Waals surface area contributed by atoms with Crippen LogP contribution in [0.25, 0.3) is 0 Å². The maximum atomic E-state index is 13.0.